The highest BCUT2D eigenvalue weighted by Gasteiger charge is 2.37. The Labute approximate surface area is 126 Å². The van der Waals surface area contributed by atoms with Gasteiger partial charge < -0.3 is 14.8 Å². The van der Waals surface area contributed by atoms with Crippen molar-refractivity contribution in [3.63, 3.8) is 0 Å². The van der Waals surface area contributed by atoms with Gasteiger partial charge in [-0.15, -0.1) is 0 Å². The Balaban J connectivity index is 1.89. The van der Waals surface area contributed by atoms with Crippen LogP contribution in [-0.4, -0.2) is 22.7 Å². The number of carbonyl (C=O) groups excluding carboxylic acids is 2. The fraction of sp³-hybridized carbons (Fsp3) is 0.333. The molecule has 1 aromatic rings. The number of rotatable bonds is 4. The fourth-order valence-corrected chi connectivity index (χ4v) is 2.54. The molecular formula is C15H16BrNO3. The van der Waals surface area contributed by atoms with E-state index in [1.165, 1.54) is 0 Å². The Morgan fingerprint density at radius 1 is 1.45 bits per heavy atom. The number of aldehydes is 1. The van der Waals surface area contributed by atoms with Gasteiger partial charge in [-0.3, -0.25) is 0 Å². The first-order chi connectivity index (χ1) is 9.64. The molecular weight excluding hydrogens is 322 g/mol. The van der Waals surface area contributed by atoms with E-state index in [2.05, 4.69) is 21.2 Å². The topological polar surface area (TPSA) is 55.4 Å². The van der Waals surface area contributed by atoms with E-state index >= 15 is 0 Å². The molecule has 106 valence electrons. The lowest BCUT2D eigenvalue weighted by molar-refractivity contribution is -0.110. The molecule has 0 heterocycles. The van der Waals surface area contributed by atoms with E-state index in [9.17, 15) is 9.59 Å². The van der Waals surface area contributed by atoms with E-state index < -0.39 is 16.5 Å². The number of hydrogen-bond donors (Lipinski definition) is 1. The average molecular weight is 338 g/mol. The number of alkyl halides is 1. The Kier molecular flexibility index (Phi) is 4.95. The van der Waals surface area contributed by atoms with Gasteiger partial charge in [0.1, 0.15) is 17.2 Å². The lowest BCUT2D eigenvalue weighted by atomic mass is 9.90. The minimum Gasteiger partial charge on any atom is -0.445 e. The van der Waals surface area contributed by atoms with Gasteiger partial charge in [0.15, 0.2) is 0 Å². The van der Waals surface area contributed by atoms with E-state index in [1.807, 2.05) is 42.5 Å². The highest BCUT2D eigenvalue weighted by Crippen LogP contribution is 2.30. The molecule has 0 aliphatic heterocycles. The quantitative estimate of drug-likeness (QED) is 0.522. The number of amides is 1. The summed E-state index contributed by atoms with van der Waals surface area (Å²) in [5.41, 5.74) is 0.919. The van der Waals surface area contributed by atoms with Crippen molar-refractivity contribution in [2.24, 2.45) is 0 Å². The standard InChI is InChI=1S/C15H16BrNO3/c16-15(11-18)9-5-4-8-13(15)17-14(19)20-10-12-6-2-1-3-7-12/h1-4,6-8,11,13H,5,9-10H2,(H,17,19)/t13-,15+/m0/s1. The molecule has 4 nitrogen and oxygen atoms in total. The van der Waals surface area contributed by atoms with Crippen molar-refractivity contribution in [2.75, 3.05) is 0 Å². The Morgan fingerprint density at radius 3 is 2.90 bits per heavy atom. The van der Waals surface area contributed by atoms with Crippen LogP contribution in [0.3, 0.4) is 0 Å². The smallest absolute Gasteiger partial charge is 0.407 e. The number of benzene rings is 1. The summed E-state index contributed by atoms with van der Waals surface area (Å²) in [4.78, 5) is 23.0. The third-order valence-corrected chi connectivity index (χ3v) is 4.30. The zero-order valence-electron chi connectivity index (χ0n) is 10.9. The van der Waals surface area contributed by atoms with Crippen LogP contribution in [0.5, 0.6) is 0 Å². The number of halogens is 1. The van der Waals surface area contributed by atoms with E-state index in [0.29, 0.717) is 6.42 Å². The van der Waals surface area contributed by atoms with Gasteiger partial charge in [0, 0.05) is 0 Å². The Bertz CT molecular complexity index is 503. The summed E-state index contributed by atoms with van der Waals surface area (Å²) in [6.07, 6.45) is 5.52. The first-order valence-corrected chi connectivity index (χ1v) is 7.22. The Morgan fingerprint density at radius 2 is 2.20 bits per heavy atom. The summed E-state index contributed by atoms with van der Waals surface area (Å²) in [6, 6.07) is 9.05. The molecule has 0 saturated heterocycles. The molecule has 1 aliphatic carbocycles. The van der Waals surface area contributed by atoms with E-state index in [4.69, 9.17) is 4.74 Å². The lowest BCUT2D eigenvalue weighted by Gasteiger charge is -2.31. The van der Waals surface area contributed by atoms with Gasteiger partial charge >= 0.3 is 6.09 Å². The maximum absolute atomic E-state index is 11.8. The van der Waals surface area contributed by atoms with Gasteiger partial charge in [0.25, 0.3) is 0 Å². The van der Waals surface area contributed by atoms with Gasteiger partial charge in [-0.05, 0) is 18.4 Å². The van der Waals surface area contributed by atoms with Crippen LogP contribution < -0.4 is 5.32 Å². The van der Waals surface area contributed by atoms with Crippen molar-refractivity contribution >= 4 is 28.3 Å². The summed E-state index contributed by atoms with van der Waals surface area (Å²) in [5.74, 6) is 0. The molecule has 2 rings (SSSR count). The summed E-state index contributed by atoms with van der Waals surface area (Å²) in [6.45, 7) is 0.208. The number of alkyl carbamates (subject to hydrolysis) is 1. The minimum atomic E-state index is -0.743. The average Bonchev–Trinajstić information content (AvgIpc) is 2.49. The molecule has 0 saturated carbocycles. The van der Waals surface area contributed by atoms with Crippen LogP contribution in [0.4, 0.5) is 4.79 Å². The number of carbonyl (C=O) groups is 2. The molecule has 1 amide bonds. The van der Waals surface area contributed by atoms with Crippen LogP contribution in [-0.2, 0) is 16.1 Å². The van der Waals surface area contributed by atoms with Gasteiger partial charge in [-0.25, -0.2) is 4.79 Å². The van der Waals surface area contributed by atoms with Crippen LogP contribution >= 0.6 is 15.9 Å². The molecule has 20 heavy (non-hydrogen) atoms. The summed E-state index contributed by atoms with van der Waals surface area (Å²) in [7, 11) is 0. The number of hydrogen-bond acceptors (Lipinski definition) is 3. The monoisotopic (exact) mass is 337 g/mol. The van der Waals surface area contributed by atoms with Crippen molar-refractivity contribution in [2.45, 2.75) is 29.8 Å². The number of ether oxygens (including phenoxy) is 1. The lowest BCUT2D eigenvalue weighted by Crippen LogP contribution is -2.50. The van der Waals surface area contributed by atoms with Crippen LogP contribution in [0.25, 0.3) is 0 Å². The van der Waals surface area contributed by atoms with Crippen molar-refractivity contribution in [3.8, 4) is 0 Å². The van der Waals surface area contributed by atoms with Crippen molar-refractivity contribution < 1.29 is 14.3 Å². The first-order valence-electron chi connectivity index (χ1n) is 6.43. The molecule has 1 N–H and O–H groups in total. The predicted octanol–water partition coefficient (Wildman–Crippen LogP) is 2.96. The van der Waals surface area contributed by atoms with E-state index in [1.54, 1.807) is 0 Å². The summed E-state index contributed by atoms with van der Waals surface area (Å²) < 4.78 is 4.41. The molecule has 1 aromatic carbocycles. The maximum Gasteiger partial charge on any atom is 0.407 e. The maximum atomic E-state index is 11.8. The number of nitrogens with one attached hydrogen (secondary N) is 1. The minimum absolute atomic E-state index is 0.208. The van der Waals surface area contributed by atoms with Crippen LogP contribution in [0.1, 0.15) is 18.4 Å². The summed E-state index contributed by atoms with van der Waals surface area (Å²) in [5, 5.41) is 2.70. The highest BCUT2D eigenvalue weighted by molar-refractivity contribution is 9.10. The molecule has 0 radical (unpaired) electrons. The van der Waals surface area contributed by atoms with E-state index in [-0.39, 0.29) is 6.61 Å². The second-order valence-electron chi connectivity index (χ2n) is 4.70. The molecule has 1 aliphatic rings. The highest BCUT2D eigenvalue weighted by atomic mass is 79.9. The molecule has 0 aromatic heterocycles. The summed E-state index contributed by atoms with van der Waals surface area (Å²) >= 11 is 3.40. The SMILES string of the molecule is O=C[C@]1(Br)CCC=C[C@@H]1NC(=O)OCc1ccccc1. The van der Waals surface area contributed by atoms with Crippen molar-refractivity contribution in [1.82, 2.24) is 5.32 Å². The van der Waals surface area contributed by atoms with Crippen molar-refractivity contribution in [3.05, 3.63) is 48.0 Å². The third-order valence-electron chi connectivity index (χ3n) is 3.22. The van der Waals surface area contributed by atoms with Crippen LogP contribution in [0.15, 0.2) is 42.5 Å². The molecule has 2 atom stereocenters. The van der Waals surface area contributed by atoms with Crippen molar-refractivity contribution in [1.29, 1.82) is 0 Å². The largest absolute Gasteiger partial charge is 0.445 e. The van der Waals surface area contributed by atoms with Gasteiger partial charge in [-0.2, -0.15) is 0 Å². The third kappa shape index (κ3) is 3.70. The molecule has 0 bridgehead atoms. The second kappa shape index (κ2) is 6.70. The predicted molar refractivity (Wildman–Crippen MR) is 79.6 cm³/mol. The Hall–Kier alpha value is -1.62. The molecule has 0 fully saturated rings. The molecule has 5 heteroatoms. The van der Waals surface area contributed by atoms with Crippen LogP contribution in [0, 0.1) is 0 Å². The first kappa shape index (κ1) is 14.8. The molecule has 0 unspecified atom stereocenters. The zero-order valence-corrected chi connectivity index (χ0v) is 12.5. The van der Waals surface area contributed by atoms with Gasteiger partial charge in [-0.1, -0.05) is 58.4 Å². The number of allylic oxidation sites excluding steroid dienone is 1. The second-order valence-corrected chi connectivity index (χ2v) is 6.17. The van der Waals surface area contributed by atoms with Gasteiger partial charge in [0.05, 0.1) is 6.04 Å². The zero-order chi connectivity index (χ0) is 14.4. The van der Waals surface area contributed by atoms with E-state index in [0.717, 1.165) is 18.3 Å². The molecule has 0 spiro atoms. The van der Waals surface area contributed by atoms with Gasteiger partial charge in [0.2, 0.25) is 0 Å². The normalized spacial score (nSPS) is 24.9. The van der Waals surface area contributed by atoms with Crippen LogP contribution in [0.2, 0.25) is 0 Å². The fourth-order valence-electron chi connectivity index (χ4n) is 2.04.